The van der Waals surface area contributed by atoms with Crippen LogP contribution in [0.3, 0.4) is 0 Å². The zero-order valence-corrected chi connectivity index (χ0v) is 18.4. The van der Waals surface area contributed by atoms with E-state index in [2.05, 4.69) is 100 Å². The summed E-state index contributed by atoms with van der Waals surface area (Å²) in [7, 11) is 0. The number of hydrogen-bond donors (Lipinski definition) is 1. The van der Waals surface area contributed by atoms with Gasteiger partial charge in [-0.1, -0.05) is 36.4 Å². The standard InChI is InChI=1S/C26H24N4S/c1-18-9-8-12-21(17-18)30-25(24(28-26(30)31)22-13-6-7-16-27-22)23-15-14-19(2)29(23)20-10-4-3-5-11-20/h3-17,24-25H,1-2H3,(H,28,31)/t24-,25-/m0/s1. The van der Waals surface area contributed by atoms with Crippen LogP contribution in [-0.2, 0) is 0 Å². The molecule has 1 aliphatic heterocycles. The van der Waals surface area contributed by atoms with E-state index in [4.69, 9.17) is 12.2 Å². The predicted molar refractivity (Wildman–Crippen MR) is 130 cm³/mol. The van der Waals surface area contributed by atoms with E-state index in [9.17, 15) is 0 Å². The van der Waals surface area contributed by atoms with Crippen molar-refractivity contribution in [1.29, 1.82) is 0 Å². The quantitative estimate of drug-likeness (QED) is 0.428. The second kappa shape index (κ2) is 8.00. The van der Waals surface area contributed by atoms with Gasteiger partial charge < -0.3 is 14.8 Å². The minimum absolute atomic E-state index is 0.0434. The third kappa shape index (κ3) is 3.51. The summed E-state index contributed by atoms with van der Waals surface area (Å²) in [6, 6.07) is 29.3. The fraction of sp³-hybridized carbons (Fsp3) is 0.154. The molecule has 2 aromatic carbocycles. The molecule has 0 unspecified atom stereocenters. The molecule has 3 heterocycles. The van der Waals surface area contributed by atoms with Gasteiger partial charge >= 0.3 is 0 Å². The summed E-state index contributed by atoms with van der Waals surface area (Å²) in [4.78, 5) is 6.90. The Kier molecular flexibility index (Phi) is 5.04. The number of para-hydroxylation sites is 1. The zero-order chi connectivity index (χ0) is 21.4. The van der Waals surface area contributed by atoms with Crippen LogP contribution >= 0.6 is 12.2 Å². The Morgan fingerprint density at radius 1 is 0.839 bits per heavy atom. The van der Waals surface area contributed by atoms with Gasteiger partial charge in [-0.3, -0.25) is 4.98 Å². The van der Waals surface area contributed by atoms with Crippen molar-refractivity contribution in [2.24, 2.45) is 0 Å². The van der Waals surface area contributed by atoms with E-state index in [1.54, 1.807) is 0 Å². The van der Waals surface area contributed by atoms with Crippen molar-refractivity contribution >= 4 is 23.0 Å². The lowest BCUT2D eigenvalue weighted by molar-refractivity contribution is 0.548. The lowest BCUT2D eigenvalue weighted by atomic mass is 10.0. The van der Waals surface area contributed by atoms with Gasteiger partial charge in [0, 0.05) is 29.0 Å². The molecule has 5 rings (SSSR count). The van der Waals surface area contributed by atoms with Crippen molar-refractivity contribution in [2.75, 3.05) is 4.90 Å². The van der Waals surface area contributed by atoms with Gasteiger partial charge in [-0.2, -0.15) is 0 Å². The van der Waals surface area contributed by atoms with Crippen LogP contribution in [0.25, 0.3) is 5.69 Å². The first-order valence-electron chi connectivity index (χ1n) is 10.4. The molecule has 0 radical (unpaired) electrons. The number of hydrogen-bond acceptors (Lipinski definition) is 2. The Morgan fingerprint density at radius 3 is 2.35 bits per heavy atom. The molecule has 0 saturated carbocycles. The van der Waals surface area contributed by atoms with E-state index in [1.807, 2.05) is 24.4 Å². The second-order valence-electron chi connectivity index (χ2n) is 7.91. The first-order valence-corrected chi connectivity index (χ1v) is 10.9. The fourth-order valence-electron chi connectivity index (χ4n) is 4.43. The normalized spacial score (nSPS) is 18.3. The Labute approximate surface area is 188 Å². The summed E-state index contributed by atoms with van der Waals surface area (Å²) in [6.07, 6.45) is 1.84. The maximum atomic E-state index is 5.86. The van der Waals surface area contributed by atoms with Crippen LogP contribution in [0.5, 0.6) is 0 Å². The van der Waals surface area contributed by atoms with E-state index in [-0.39, 0.29) is 12.1 Å². The lowest BCUT2D eigenvalue weighted by Crippen LogP contribution is -2.30. The molecule has 1 aliphatic rings. The Hall–Kier alpha value is -3.44. The highest BCUT2D eigenvalue weighted by molar-refractivity contribution is 7.80. The highest BCUT2D eigenvalue weighted by Gasteiger charge is 2.42. The molecular weight excluding hydrogens is 400 g/mol. The van der Waals surface area contributed by atoms with Crippen molar-refractivity contribution in [3.8, 4) is 5.69 Å². The number of thiocarbonyl (C=S) groups is 1. The summed E-state index contributed by atoms with van der Waals surface area (Å²) in [6.45, 7) is 4.25. The molecule has 1 N–H and O–H groups in total. The third-order valence-electron chi connectivity index (χ3n) is 5.80. The van der Waals surface area contributed by atoms with Gasteiger partial charge in [0.05, 0.1) is 11.7 Å². The molecule has 1 fully saturated rings. The van der Waals surface area contributed by atoms with Crippen LogP contribution in [0.1, 0.15) is 34.7 Å². The molecule has 0 bridgehead atoms. The Bertz CT molecular complexity index is 1220. The molecule has 0 amide bonds. The average Bonchev–Trinajstić information content (AvgIpc) is 3.34. The Morgan fingerprint density at radius 2 is 1.61 bits per heavy atom. The van der Waals surface area contributed by atoms with Crippen LogP contribution in [0.15, 0.2) is 91.1 Å². The topological polar surface area (TPSA) is 33.1 Å². The Balaban J connectivity index is 1.71. The average molecular weight is 425 g/mol. The predicted octanol–water partition coefficient (Wildman–Crippen LogP) is 5.67. The molecule has 4 nitrogen and oxygen atoms in total. The van der Waals surface area contributed by atoms with E-state index >= 15 is 0 Å². The molecule has 0 aliphatic carbocycles. The first kappa shape index (κ1) is 19.5. The lowest BCUT2D eigenvalue weighted by Gasteiger charge is -2.29. The van der Waals surface area contributed by atoms with Crippen molar-refractivity contribution in [3.05, 3.63) is 114 Å². The molecule has 0 spiro atoms. The van der Waals surface area contributed by atoms with Gasteiger partial charge in [0.2, 0.25) is 0 Å². The number of aryl methyl sites for hydroxylation is 2. The highest BCUT2D eigenvalue weighted by atomic mass is 32.1. The van der Waals surface area contributed by atoms with Gasteiger partial charge in [0.15, 0.2) is 5.11 Å². The minimum Gasteiger partial charge on any atom is -0.351 e. The fourth-order valence-corrected chi connectivity index (χ4v) is 4.78. The van der Waals surface area contributed by atoms with E-state index < -0.39 is 0 Å². The number of nitrogens with one attached hydrogen (secondary N) is 1. The number of aromatic nitrogens is 2. The van der Waals surface area contributed by atoms with E-state index in [1.165, 1.54) is 17.0 Å². The largest absolute Gasteiger partial charge is 0.351 e. The molecule has 5 heteroatoms. The maximum Gasteiger partial charge on any atom is 0.174 e. The first-order chi connectivity index (χ1) is 15.1. The molecule has 2 aromatic heterocycles. The highest BCUT2D eigenvalue weighted by Crippen LogP contribution is 2.42. The van der Waals surface area contributed by atoms with Crippen molar-refractivity contribution in [1.82, 2.24) is 14.9 Å². The van der Waals surface area contributed by atoms with Gasteiger partial charge in [-0.25, -0.2) is 0 Å². The van der Waals surface area contributed by atoms with Crippen molar-refractivity contribution < 1.29 is 0 Å². The minimum atomic E-state index is -0.0639. The summed E-state index contributed by atoms with van der Waals surface area (Å²) in [5.74, 6) is 0. The summed E-state index contributed by atoms with van der Waals surface area (Å²) in [5, 5.41) is 4.27. The molecule has 31 heavy (non-hydrogen) atoms. The van der Waals surface area contributed by atoms with Crippen molar-refractivity contribution in [2.45, 2.75) is 25.9 Å². The maximum absolute atomic E-state index is 5.86. The van der Waals surface area contributed by atoms with Crippen LogP contribution < -0.4 is 10.2 Å². The molecule has 154 valence electrons. The second-order valence-corrected chi connectivity index (χ2v) is 8.29. The van der Waals surface area contributed by atoms with Crippen LogP contribution in [-0.4, -0.2) is 14.7 Å². The molecular formula is C26H24N4S. The monoisotopic (exact) mass is 424 g/mol. The van der Waals surface area contributed by atoms with Gasteiger partial charge in [0.25, 0.3) is 0 Å². The van der Waals surface area contributed by atoms with Gasteiger partial charge in [-0.05, 0) is 80.2 Å². The van der Waals surface area contributed by atoms with E-state index in [0.717, 1.165) is 17.1 Å². The van der Waals surface area contributed by atoms with Gasteiger partial charge in [0.1, 0.15) is 6.04 Å². The van der Waals surface area contributed by atoms with Gasteiger partial charge in [-0.15, -0.1) is 0 Å². The van der Waals surface area contributed by atoms with Crippen LogP contribution in [0.2, 0.25) is 0 Å². The molecule has 2 atom stereocenters. The number of benzene rings is 2. The summed E-state index contributed by atoms with van der Waals surface area (Å²) < 4.78 is 2.32. The number of nitrogens with zero attached hydrogens (tertiary/aromatic N) is 3. The smallest absolute Gasteiger partial charge is 0.174 e. The number of rotatable bonds is 4. The summed E-state index contributed by atoms with van der Waals surface area (Å²) in [5.41, 5.74) is 6.76. The van der Waals surface area contributed by atoms with Crippen molar-refractivity contribution in [3.63, 3.8) is 0 Å². The number of anilines is 1. The van der Waals surface area contributed by atoms with E-state index in [0.29, 0.717) is 5.11 Å². The molecule has 1 saturated heterocycles. The zero-order valence-electron chi connectivity index (χ0n) is 17.6. The molecule has 4 aromatic rings. The summed E-state index contributed by atoms with van der Waals surface area (Å²) >= 11 is 5.86. The third-order valence-corrected chi connectivity index (χ3v) is 6.12. The SMILES string of the molecule is Cc1cccc(N2C(=S)N[C@@H](c3ccccn3)[C@@H]2c2ccc(C)n2-c2ccccc2)c1. The number of pyridine rings is 1. The van der Waals surface area contributed by atoms with Crippen LogP contribution in [0, 0.1) is 13.8 Å². The van der Waals surface area contributed by atoms with Crippen LogP contribution in [0.4, 0.5) is 5.69 Å².